The number of hydrogen-bond acceptors (Lipinski definition) is 2. The van der Waals surface area contributed by atoms with E-state index in [-0.39, 0.29) is 5.91 Å². The summed E-state index contributed by atoms with van der Waals surface area (Å²) in [5, 5.41) is 6.23. The molecule has 0 bridgehead atoms. The molecule has 1 amide bonds. The summed E-state index contributed by atoms with van der Waals surface area (Å²) >= 11 is 3.47. The van der Waals surface area contributed by atoms with Crippen molar-refractivity contribution in [3.63, 3.8) is 0 Å². The lowest BCUT2D eigenvalue weighted by Crippen LogP contribution is -2.13. The molecule has 0 atom stereocenters. The van der Waals surface area contributed by atoms with Crippen LogP contribution in [-0.2, 0) is 0 Å². The summed E-state index contributed by atoms with van der Waals surface area (Å²) in [5.41, 5.74) is 4.63. The first-order chi connectivity index (χ1) is 10.0. The molecule has 0 saturated heterocycles. The minimum Gasteiger partial charge on any atom is -0.385 e. The van der Waals surface area contributed by atoms with Gasteiger partial charge >= 0.3 is 0 Å². The number of halogens is 1. The Balaban J connectivity index is 2.21. The van der Waals surface area contributed by atoms with Crippen molar-refractivity contribution in [2.45, 2.75) is 20.8 Å². The lowest BCUT2D eigenvalue weighted by Gasteiger charge is -2.12. The van der Waals surface area contributed by atoms with Crippen LogP contribution < -0.4 is 10.6 Å². The van der Waals surface area contributed by atoms with Crippen molar-refractivity contribution < 1.29 is 4.79 Å². The molecule has 0 saturated carbocycles. The van der Waals surface area contributed by atoms with Crippen LogP contribution >= 0.6 is 15.9 Å². The van der Waals surface area contributed by atoms with Gasteiger partial charge < -0.3 is 10.6 Å². The molecule has 2 rings (SSSR count). The highest BCUT2D eigenvalue weighted by atomic mass is 79.9. The Kier molecular flexibility index (Phi) is 5.02. The maximum atomic E-state index is 12.4. The number of hydrogen-bond donors (Lipinski definition) is 2. The number of aryl methyl sites for hydroxylation is 1. The minimum absolute atomic E-state index is 0.0950. The van der Waals surface area contributed by atoms with E-state index >= 15 is 0 Å². The molecule has 21 heavy (non-hydrogen) atoms. The van der Waals surface area contributed by atoms with E-state index in [0.29, 0.717) is 5.56 Å². The van der Waals surface area contributed by atoms with Crippen LogP contribution in [0.5, 0.6) is 0 Å². The van der Waals surface area contributed by atoms with Crippen LogP contribution in [0.25, 0.3) is 0 Å². The number of amides is 1. The topological polar surface area (TPSA) is 41.1 Å². The number of carbonyl (C=O) groups is 1. The number of nitrogens with one attached hydrogen (secondary N) is 2. The highest BCUT2D eigenvalue weighted by Crippen LogP contribution is 2.24. The first kappa shape index (κ1) is 15.6. The second-order valence-electron chi connectivity index (χ2n) is 4.93. The molecule has 0 heterocycles. The molecule has 4 heteroatoms. The molecule has 0 unspecified atom stereocenters. The average Bonchev–Trinajstić information content (AvgIpc) is 2.46. The van der Waals surface area contributed by atoms with Crippen molar-refractivity contribution in [3.8, 4) is 0 Å². The molecular formula is C17H19BrN2O. The lowest BCUT2D eigenvalue weighted by molar-refractivity contribution is 0.102. The molecule has 110 valence electrons. The smallest absolute Gasteiger partial charge is 0.255 e. The van der Waals surface area contributed by atoms with Gasteiger partial charge in [-0.25, -0.2) is 0 Å². The Morgan fingerprint density at radius 3 is 2.57 bits per heavy atom. The summed E-state index contributed by atoms with van der Waals surface area (Å²) in [6, 6.07) is 11.5. The van der Waals surface area contributed by atoms with Crippen LogP contribution in [0.4, 0.5) is 11.4 Å². The summed E-state index contributed by atoms with van der Waals surface area (Å²) in [7, 11) is 0. The third kappa shape index (κ3) is 3.64. The Hall–Kier alpha value is -1.81. The maximum Gasteiger partial charge on any atom is 0.255 e. The van der Waals surface area contributed by atoms with Crippen molar-refractivity contribution in [1.82, 2.24) is 0 Å². The maximum absolute atomic E-state index is 12.4. The molecule has 0 aromatic heterocycles. The highest BCUT2D eigenvalue weighted by Gasteiger charge is 2.10. The van der Waals surface area contributed by atoms with Crippen LogP contribution in [-0.4, -0.2) is 12.5 Å². The van der Waals surface area contributed by atoms with Crippen molar-refractivity contribution in [1.29, 1.82) is 0 Å². The molecular weight excluding hydrogens is 328 g/mol. The van der Waals surface area contributed by atoms with E-state index in [1.807, 2.05) is 50.2 Å². The molecule has 0 fully saturated rings. The number of rotatable bonds is 4. The molecule has 0 aliphatic carbocycles. The van der Waals surface area contributed by atoms with Gasteiger partial charge in [0.2, 0.25) is 0 Å². The zero-order valence-corrected chi connectivity index (χ0v) is 14.0. The predicted octanol–water partition coefficient (Wildman–Crippen LogP) is 4.75. The summed E-state index contributed by atoms with van der Waals surface area (Å²) < 4.78 is 0.985. The quantitative estimate of drug-likeness (QED) is 0.838. The van der Waals surface area contributed by atoms with Crippen LogP contribution in [0.1, 0.15) is 28.4 Å². The van der Waals surface area contributed by atoms with E-state index in [1.165, 1.54) is 0 Å². The van der Waals surface area contributed by atoms with E-state index in [1.54, 1.807) is 0 Å². The Labute approximate surface area is 133 Å². The Bertz CT molecular complexity index is 668. The highest BCUT2D eigenvalue weighted by molar-refractivity contribution is 9.10. The lowest BCUT2D eigenvalue weighted by atomic mass is 10.1. The van der Waals surface area contributed by atoms with E-state index < -0.39 is 0 Å². The van der Waals surface area contributed by atoms with Crippen molar-refractivity contribution in [3.05, 3.63) is 57.6 Å². The van der Waals surface area contributed by atoms with Crippen LogP contribution in [0.15, 0.2) is 40.9 Å². The van der Waals surface area contributed by atoms with Gasteiger partial charge in [-0.3, -0.25) is 4.79 Å². The van der Waals surface area contributed by atoms with Gasteiger partial charge in [-0.15, -0.1) is 0 Å². The van der Waals surface area contributed by atoms with Gasteiger partial charge in [0.25, 0.3) is 5.91 Å². The van der Waals surface area contributed by atoms with Crippen molar-refractivity contribution in [2.24, 2.45) is 0 Å². The van der Waals surface area contributed by atoms with E-state index in [4.69, 9.17) is 0 Å². The van der Waals surface area contributed by atoms with Crippen LogP contribution in [0.3, 0.4) is 0 Å². The number of carbonyl (C=O) groups excluding carboxylic acids is 1. The molecule has 0 radical (unpaired) electrons. The summed E-state index contributed by atoms with van der Waals surface area (Å²) in [6.07, 6.45) is 0. The fourth-order valence-corrected chi connectivity index (χ4v) is 2.50. The Morgan fingerprint density at radius 1 is 1.14 bits per heavy atom. The van der Waals surface area contributed by atoms with Gasteiger partial charge in [-0.2, -0.15) is 0 Å². The van der Waals surface area contributed by atoms with Crippen molar-refractivity contribution >= 4 is 33.2 Å². The standard InChI is InChI=1S/C17H19BrN2O/c1-4-19-15-9-8-13(10-11(15)2)17(21)20-16-7-5-6-14(18)12(16)3/h5-10,19H,4H2,1-3H3,(H,20,21). The first-order valence-electron chi connectivity index (χ1n) is 6.94. The number of benzene rings is 2. The molecule has 2 N–H and O–H groups in total. The van der Waals surface area contributed by atoms with Crippen LogP contribution in [0, 0.1) is 13.8 Å². The normalized spacial score (nSPS) is 10.3. The summed E-state index contributed by atoms with van der Waals surface area (Å²) in [5.74, 6) is -0.0950. The Morgan fingerprint density at radius 2 is 1.90 bits per heavy atom. The summed E-state index contributed by atoms with van der Waals surface area (Å²) in [6.45, 7) is 6.89. The average molecular weight is 347 g/mol. The van der Waals surface area contributed by atoms with Gasteiger partial charge in [0.05, 0.1) is 0 Å². The van der Waals surface area contributed by atoms with E-state index in [9.17, 15) is 4.79 Å². The zero-order valence-electron chi connectivity index (χ0n) is 12.5. The molecule has 0 aliphatic rings. The molecule has 2 aromatic carbocycles. The van der Waals surface area contributed by atoms with Crippen LogP contribution in [0.2, 0.25) is 0 Å². The second-order valence-corrected chi connectivity index (χ2v) is 5.78. The third-order valence-corrected chi connectivity index (χ3v) is 4.23. The summed E-state index contributed by atoms with van der Waals surface area (Å²) in [4.78, 5) is 12.4. The monoisotopic (exact) mass is 346 g/mol. The molecule has 3 nitrogen and oxygen atoms in total. The zero-order chi connectivity index (χ0) is 15.4. The van der Waals surface area contributed by atoms with E-state index in [2.05, 4.69) is 33.5 Å². The van der Waals surface area contributed by atoms with Crippen molar-refractivity contribution in [2.75, 3.05) is 17.2 Å². The van der Waals surface area contributed by atoms with E-state index in [0.717, 1.165) is 33.5 Å². The second kappa shape index (κ2) is 6.76. The predicted molar refractivity (Wildman–Crippen MR) is 92.2 cm³/mol. The number of anilines is 2. The SMILES string of the molecule is CCNc1ccc(C(=O)Nc2cccc(Br)c2C)cc1C. The first-order valence-corrected chi connectivity index (χ1v) is 7.73. The molecule has 0 aliphatic heterocycles. The fourth-order valence-electron chi connectivity index (χ4n) is 2.13. The molecule has 0 spiro atoms. The minimum atomic E-state index is -0.0950. The van der Waals surface area contributed by atoms with Gasteiger partial charge in [0.15, 0.2) is 0 Å². The largest absolute Gasteiger partial charge is 0.385 e. The molecule has 2 aromatic rings. The van der Waals surface area contributed by atoms with Gasteiger partial charge in [0, 0.05) is 28.0 Å². The van der Waals surface area contributed by atoms with Gasteiger partial charge in [0.1, 0.15) is 0 Å². The van der Waals surface area contributed by atoms with Gasteiger partial charge in [-0.05, 0) is 62.2 Å². The van der Waals surface area contributed by atoms with Gasteiger partial charge in [-0.1, -0.05) is 22.0 Å². The fraction of sp³-hybridized carbons (Fsp3) is 0.235. The third-order valence-electron chi connectivity index (χ3n) is 3.37.